The lowest BCUT2D eigenvalue weighted by Gasteiger charge is -2.37. The van der Waals surface area contributed by atoms with Gasteiger partial charge in [0, 0.05) is 26.1 Å². The highest BCUT2D eigenvalue weighted by molar-refractivity contribution is 5.77. The minimum absolute atomic E-state index is 0.127. The van der Waals surface area contributed by atoms with Crippen LogP contribution in [0.1, 0.15) is 31.4 Å². The molecule has 1 N–H and O–H groups in total. The summed E-state index contributed by atoms with van der Waals surface area (Å²) in [6.45, 7) is 8.66. The van der Waals surface area contributed by atoms with Crippen molar-refractivity contribution in [3.8, 4) is 0 Å². The lowest BCUT2D eigenvalue weighted by atomic mass is 10.0. The number of benzene rings is 1. The van der Waals surface area contributed by atoms with Gasteiger partial charge >= 0.3 is 0 Å². The molecule has 1 heterocycles. The molecular formula is C15H22N2O. The van der Waals surface area contributed by atoms with E-state index in [9.17, 15) is 4.79 Å². The largest absolute Gasteiger partial charge is 0.332 e. The van der Waals surface area contributed by atoms with Crippen LogP contribution < -0.4 is 5.32 Å². The van der Waals surface area contributed by atoms with Crippen LogP contribution in [0.4, 0.5) is 0 Å². The van der Waals surface area contributed by atoms with Crippen molar-refractivity contribution >= 4 is 5.91 Å². The van der Waals surface area contributed by atoms with Gasteiger partial charge < -0.3 is 10.2 Å². The van der Waals surface area contributed by atoms with Gasteiger partial charge in [0.05, 0.1) is 5.54 Å². The monoisotopic (exact) mass is 246 g/mol. The van der Waals surface area contributed by atoms with E-state index < -0.39 is 0 Å². The molecule has 0 atom stereocenters. The minimum atomic E-state index is -0.127. The van der Waals surface area contributed by atoms with Crippen LogP contribution in [0.5, 0.6) is 0 Å². The van der Waals surface area contributed by atoms with Crippen LogP contribution in [0.15, 0.2) is 24.3 Å². The first-order chi connectivity index (χ1) is 8.49. The molecule has 1 aliphatic heterocycles. The maximum atomic E-state index is 12.2. The van der Waals surface area contributed by atoms with E-state index >= 15 is 0 Å². The van der Waals surface area contributed by atoms with Gasteiger partial charge in [-0.1, -0.05) is 29.8 Å². The molecule has 1 fully saturated rings. The molecule has 1 aliphatic rings. The third kappa shape index (κ3) is 2.91. The maximum absolute atomic E-state index is 12.2. The molecule has 1 aromatic rings. The Labute approximate surface area is 109 Å². The van der Waals surface area contributed by atoms with E-state index in [4.69, 9.17) is 0 Å². The molecule has 0 aromatic heterocycles. The number of rotatable bonds is 2. The van der Waals surface area contributed by atoms with Crippen LogP contribution in [0.25, 0.3) is 0 Å². The van der Waals surface area contributed by atoms with Crippen LogP contribution in [0.2, 0.25) is 0 Å². The molecule has 2 rings (SSSR count). The van der Waals surface area contributed by atoms with Crippen molar-refractivity contribution in [3.63, 3.8) is 0 Å². The molecule has 0 aliphatic carbocycles. The quantitative estimate of drug-likeness (QED) is 0.866. The Kier molecular flexibility index (Phi) is 3.71. The second-order valence-electron chi connectivity index (χ2n) is 5.70. The Morgan fingerprint density at radius 1 is 1.28 bits per heavy atom. The van der Waals surface area contributed by atoms with Crippen molar-refractivity contribution in [2.45, 2.75) is 39.3 Å². The highest BCUT2D eigenvalue weighted by atomic mass is 16.2. The highest BCUT2D eigenvalue weighted by Gasteiger charge is 2.32. The predicted octanol–water partition coefficient (Wildman–Crippen LogP) is 2.10. The second kappa shape index (κ2) is 5.11. The third-order valence-corrected chi connectivity index (χ3v) is 3.57. The zero-order valence-corrected chi connectivity index (χ0v) is 11.5. The van der Waals surface area contributed by atoms with Crippen molar-refractivity contribution in [2.75, 3.05) is 13.1 Å². The van der Waals surface area contributed by atoms with Crippen LogP contribution >= 0.6 is 0 Å². The van der Waals surface area contributed by atoms with Crippen LogP contribution in [0, 0.1) is 6.92 Å². The molecule has 3 nitrogen and oxygen atoms in total. The van der Waals surface area contributed by atoms with Gasteiger partial charge in [-0.25, -0.2) is 0 Å². The number of carbonyl (C=O) groups is 1. The predicted molar refractivity (Wildman–Crippen MR) is 73.3 cm³/mol. The first-order valence-corrected chi connectivity index (χ1v) is 6.56. The molecule has 1 saturated heterocycles. The standard InChI is InChI=1S/C15H22N2O/c1-12-4-6-13(7-5-12)10-17-14(18)8-9-16-11-15(17,2)3/h4-7,16H,8-11H2,1-3H3. The summed E-state index contributed by atoms with van der Waals surface area (Å²) in [6, 6.07) is 8.42. The fourth-order valence-corrected chi connectivity index (χ4v) is 2.34. The smallest absolute Gasteiger partial charge is 0.224 e. The molecule has 0 saturated carbocycles. The molecule has 0 bridgehead atoms. The van der Waals surface area contributed by atoms with Gasteiger partial charge in [0.2, 0.25) is 5.91 Å². The SMILES string of the molecule is Cc1ccc(CN2C(=O)CCNCC2(C)C)cc1. The average molecular weight is 246 g/mol. The summed E-state index contributed by atoms with van der Waals surface area (Å²) in [7, 11) is 0. The van der Waals surface area contributed by atoms with Crippen molar-refractivity contribution in [1.29, 1.82) is 0 Å². The summed E-state index contributed by atoms with van der Waals surface area (Å²) in [4.78, 5) is 14.2. The van der Waals surface area contributed by atoms with Crippen LogP contribution in [-0.4, -0.2) is 29.4 Å². The number of nitrogens with zero attached hydrogens (tertiary/aromatic N) is 1. The lowest BCUT2D eigenvalue weighted by molar-refractivity contribution is -0.135. The van der Waals surface area contributed by atoms with Gasteiger partial charge in [0.25, 0.3) is 0 Å². The van der Waals surface area contributed by atoms with E-state index in [2.05, 4.69) is 50.4 Å². The van der Waals surface area contributed by atoms with Gasteiger partial charge in [-0.05, 0) is 26.3 Å². The molecule has 1 amide bonds. The maximum Gasteiger partial charge on any atom is 0.224 e. The van der Waals surface area contributed by atoms with E-state index in [-0.39, 0.29) is 11.4 Å². The topological polar surface area (TPSA) is 32.3 Å². The first kappa shape index (κ1) is 13.1. The molecule has 98 valence electrons. The Bertz CT molecular complexity index is 423. The third-order valence-electron chi connectivity index (χ3n) is 3.57. The van der Waals surface area contributed by atoms with Gasteiger partial charge in [0.1, 0.15) is 0 Å². The molecular weight excluding hydrogens is 224 g/mol. The number of hydrogen-bond donors (Lipinski definition) is 1. The number of carbonyl (C=O) groups excluding carboxylic acids is 1. The molecule has 1 aromatic carbocycles. The summed E-state index contributed by atoms with van der Waals surface area (Å²) in [6.07, 6.45) is 0.593. The van der Waals surface area contributed by atoms with Gasteiger partial charge in [-0.15, -0.1) is 0 Å². The van der Waals surface area contributed by atoms with E-state index in [1.54, 1.807) is 0 Å². The summed E-state index contributed by atoms with van der Waals surface area (Å²) >= 11 is 0. The van der Waals surface area contributed by atoms with Gasteiger partial charge in [0.15, 0.2) is 0 Å². The summed E-state index contributed by atoms with van der Waals surface area (Å²) in [5.74, 6) is 0.241. The lowest BCUT2D eigenvalue weighted by Crippen LogP contribution is -2.50. The number of hydrogen-bond acceptors (Lipinski definition) is 2. The Hall–Kier alpha value is -1.35. The summed E-state index contributed by atoms with van der Waals surface area (Å²) in [5, 5.41) is 3.33. The Morgan fingerprint density at radius 3 is 2.61 bits per heavy atom. The second-order valence-corrected chi connectivity index (χ2v) is 5.70. The van der Waals surface area contributed by atoms with E-state index in [1.165, 1.54) is 11.1 Å². The van der Waals surface area contributed by atoms with E-state index in [0.29, 0.717) is 13.0 Å². The molecule has 18 heavy (non-hydrogen) atoms. The average Bonchev–Trinajstić information content (AvgIpc) is 2.44. The Morgan fingerprint density at radius 2 is 1.94 bits per heavy atom. The van der Waals surface area contributed by atoms with Crippen molar-refractivity contribution in [3.05, 3.63) is 35.4 Å². The number of nitrogens with one attached hydrogen (secondary N) is 1. The molecule has 0 radical (unpaired) electrons. The fraction of sp³-hybridized carbons (Fsp3) is 0.533. The van der Waals surface area contributed by atoms with Crippen molar-refractivity contribution in [1.82, 2.24) is 10.2 Å². The van der Waals surface area contributed by atoms with Crippen LogP contribution in [0.3, 0.4) is 0 Å². The van der Waals surface area contributed by atoms with Crippen LogP contribution in [-0.2, 0) is 11.3 Å². The number of aryl methyl sites for hydroxylation is 1. The van der Waals surface area contributed by atoms with E-state index in [0.717, 1.165) is 13.1 Å². The Balaban J connectivity index is 2.18. The number of amides is 1. The van der Waals surface area contributed by atoms with Crippen molar-refractivity contribution in [2.24, 2.45) is 0 Å². The zero-order chi connectivity index (χ0) is 13.2. The molecule has 0 spiro atoms. The summed E-state index contributed by atoms with van der Waals surface area (Å²) in [5.41, 5.74) is 2.32. The molecule has 0 unspecified atom stereocenters. The fourth-order valence-electron chi connectivity index (χ4n) is 2.34. The van der Waals surface area contributed by atoms with Crippen molar-refractivity contribution < 1.29 is 4.79 Å². The van der Waals surface area contributed by atoms with E-state index in [1.807, 2.05) is 4.90 Å². The minimum Gasteiger partial charge on any atom is -0.332 e. The highest BCUT2D eigenvalue weighted by Crippen LogP contribution is 2.20. The zero-order valence-electron chi connectivity index (χ0n) is 11.5. The first-order valence-electron chi connectivity index (χ1n) is 6.56. The van der Waals surface area contributed by atoms with Gasteiger partial charge in [-0.3, -0.25) is 4.79 Å². The molecule has 3 heteroatoms. The summed E-state index contributed by atoms with van der Waals surface area (Å²) < 4.78 is 0. The normalized spacial score (nSPS) is 19.7. The van der Waals surface area contributed by atoms with Gasteiger partial charge in [-0.2, -0.15) is 0 Å².